The van der Waals surface area contributed by atoms with Crippen molar-refractivity contribution in [1.29, 1.82) is 0 Å². The first-order valence-corrected chi connectivity index (χ1v) is 10.6. The van der Waals surface area contributed by atoms with E-state index in [9.17, 15) is 14.0 Å². The summed E-state index contributed by atoms with van der Waals surface area (Å²) in [5, 5.41) is -2.12. The van der Waals surface area contributed by atoms with Gasteiger partial charge in [-0.15, -0.1) is 0 Å². The minimum atomic E-state index is -5.13. The van der Waals surface area contributed by atoms with Gasteiger partial charge in [-0.25, -0.2) is 9.13 Å². The molecule has 22 heavy (non-hydrogen) atoms. The number of nitrogens with zero attached hydrogens (tertiary/aromatic N) is 2. The van der Waals surface area contributed by atoms with Crippen LogP contribution in [0.2, 0.25) is 0 Å². The van der Waals surface area contributed by atoms with Crippen LogP contribution < -0.4 is 9.46 Å². The molecule has 3 N–H and O–H groups in total. The summed E-state index contributed by atoms with van der Waals surface area (Å²) in [6.45, 7) is 2.41. The minimum absolute atomic E-state index is 0.482. The minimum Gasteiger partial charge on any atom is -0.778 e. The monoisotopic (exact) mass is 354 g/mol. The highest BCUT2D eigenvalue weighted by Gasteiger charge is 2.39. The van der Waals surface area contributed by atoms with E-state index in [0.29, 0.717) is 0 Å². The van der Waals surface area contributed by atoms with E-state index < -0.39 is 27.1 Å². The quantitative estimate of drug-likeness (QED) is 0.324. The highest BCUT2D eigenvalue weighted by Crippen LogP contribution is 2.57. The van der Waals surface area contributed by atoms with Crippen molar-refractivity contribution in [1.82, 2.24) is 4.57 Å². The Morgan fingerprint density at radius 1 is 1.18 bits per heavy atom. The first-order chi connectivity index (χ1) is 10.1. The summed E-state index contributed by atoms with van der Waals surface area (Å²) < 4.78 is 25.5. The fourth-order valence-electron chi connectivity index (χ4n) is 2.17. The van der Waals surface area contributed by atoms with E-state index >= 15 is 0 Å². The number of aromatic nitrogens is 2. The van der Waals surface area contributed by atoms with E-state index in [4.69, 9.17) is 14.7 Å². The van der Waals surface area contributed by atoms with Gasteiger partial charge in [-0.2, -0.15) is 0 Å². The van der Waals surface area contributed by atoms with Crippen molar-refractivity contribution in [3.05, 3.63) is 18.7 Å². The van der Waals surface area contributed by atoms with Crippen LogP contribution in [0.4, 0.5) is 0 Å². The summed E-state index contributed by atoms with van der Waals surface area (Å²) in [5.74, 6) is 0. The normalized spacial score (nSPS) is 16.4. The van der Waals surface area contributed by atoms with Crippen LogP contribution in [0.1, 0.15) is 39.0 Å². The second-order valence-corrected chi connectivity index (χ2v) is 9.36. The van der Waals surface area contributed by atoms with E-state index in [1.807, 2.05) is 4.57 Å². The van der Waals surface area contributed by atoms with Crippen LogP contribution in [0.15, 0.2) is 18.7 Å². The molecular formula is C12H24N2O6P2. The smallest absolute Gasteiger partial charge is 0.341 e. The molecule has 10 heteroatoms. The van der Waals surface area contributed by atoms with Crippen LogP contribution in [0.25, 0.3) is 0 Å². The van der Waals surface area contributed by atoms with E-state index in [0.717, 1.165) is 19.4 Å². The molecule has 0 aliphatic rings. The van der Waals surface area contributed by atoms with E-state index in [1.165, 1.54) is 30.0 Å². The molecule has 128 valence electrons. The van der Waals surface area contributed by atoms with Crippen molar-refractivity contribution in [2.45, 2.75) is 57.5 Å². The van der Waals surface area contributed by atoms with Crippen LogP contribution in [-0.2, 0) is 22.2 Å². The second kappa shape index (κ2) is 8.39. The lowest BCUT2D eigenvalue weighted by molar-refractivity contribution is -0.694. The fraction of sp³-hybridized carbons (Fsp3) is 0.750. The molecule has 0 saturated carbocycles. The Hall–Kier alpha value is -0.490. The third-order valence-corrected chi connectivity index (χ3v) is 7.04. The summed E-state index contributed by atoms with van der Waals surface area (Å²) in [6, 6.07) is 0. The molecule has 0 aliphatic carbocycles. The molecule has 1 heterocycles. The number of hydrogen-bond donors (Lipinski definition) is 3. The second-order valence-electron chi connectivity index (χ2n) is 5.40. The van der Waals surface area contributed by atoms with Crippen molar-refractivity contribution in [3.8, 4) is 0 Å². The van der Waals surface area contributed by atoms with Crippen molar-refractivity contribution < 1.29 is 33.3 Å². The van der Waals surface area contributed by atoms with Gasteiger partial charge in [-0.1, -0.05) is 26.2 Å². The van der Waals surface area contributed by atoms with Crippen LogP contribution in [0, 0.1) is 0 Å². The zero-order chi connectivity index (χ0) is 16.8. The fourth-order valence-corrected chi connectivity index (χ4v) is 4.48. The highest BCUT2D eigenvalue weighted by atomic mass is 31.2. The molecule has 2 unspecified atom stereocenters. The summed E-state index contributed by atoms with van der Waals surface area (Å²) in [4.78, 5) is 38.3. The van der Waals surface area contributed by atoms with Gasteiger partial charge in [0, 0.05) is 0 Å². The molecule has 0 amide bonds. The van der Waals surface area contributed by atoms with Crippen molar-refractivity contribution in [2.24, 2.45) is 0 Å². The highest BCUT2D eigenvalue weighted by molar-refractivity contribution is 7.70. The Balaban J connectivity index is 2.60. The molecule has 0 aromatic carbocycles. The summed E-state index contributed by atoms with van der Waals surface area (Å²) in [6.07, 6.45) is 10.4. The van der Waals surface area contributed by atoms with Crippen LogP contribution in [0.5, 0.6) is 0 Å². The van der Waals surface area contributed by atoms with Gasteiger partial charge in [0.15, 0.2) is 13.0 Å². The average Bonchev–Trinajstić information content (AvgIpc) is 2.81. The third-order valence-electron chi connectivity index (χ3n) is 3.41. The Labute approximate surface area is 130 Å². The van der Waals surface area contributed by atoms with Gasteiger partial charge in [0.25, 0.3) is 0 Å². The van der Waals surface area contributed by atoms with Crippen LogP contribution in [-0.4, -0.2) is 24.6 Å². The van der Waals surface area contributed by atoms with Crippen molar-refractivity contribution >= 4 is 15.2 Å². The van der Waals surface area contributed by atoms with Gasteiger partial charge >= 0.3 is 7.60 Å². The van der Waals surface area contributed by atoms with E-state index in [1.54, 1.807) is 12.5 Å². The topological polar surface area (TPSA) is 127 Å². The molecule has 1 rings (SSSR count). The zero-order valence-corrected chi connectivity index (χ0v) is 14.4. The summed E-state index contributed by atoms with van der Waals surface area (Å²) in [5.41, 5.74) is 0. The maximum absolute atomic E-state index is 11.2. The molecule has 1 aromatic rings. The van der Waals surface area contributed by atoms with Gasteiger partial charge in [0.05, 0.1) is 6.54 Å². The van der Waals surface area contributed by atoms with Gasteiger partial charge in [-0.3, -0.25) is 4.57 Å². The molecule has 2 atom stereocenters. The van der Waals surface area contributed by atoms with E-state index in [-0.39, 0.29) is 0 Å². The Bertz CT molecular complexity index is 528. The lowest BCUT2D eigenvalue weighted by atomic mass is 10.1. The number of aryl methyl sites for hydroxylation is 1. The summed E-state index contributed by atoms with van der Waals surface area (Å²) >= 11 is 0. The lowest BCUT2D eigenvalue weighted by Crippen LogP contribution is -2.39. The number of imidazole rings is 1. The molecule has 1 aromatic heterocycles. The molecule has 0 saturated heterocycles. The number of hydrogen-bond acceptors (Lipinski definition) is 3. The first-order valence-electron chi connectivity index (χ1n) is 7.28. The first kappa shape index (κ1) is 19.6. The predicted molar refractivity (Wildman–Crippen MR) is 79.0 cm³/mol. The third kappa shape index (κ3) is 6.73. The lowest BCUT2D eigenvalue weighted by Gasteiger charge is -2.25. The molecule has 0 fully saturated rings. The Kier molecular flexibility index (Phi) is 7.46. The Morgan fingerprint density at radius 3 is 2.36 bits per heavy atom. The maximum atomic E-state index is 11.2. The number of rotatable bonds is 10. The van der Waals surface area contributed by atoms with Gasteiger partial charge in [0.2, 0.25) is 6.33 Å². The summed E-state index contributed by atoms with van der Waals surface area (Å²) in [7, 11) is -10.1. The molecule has 0 bridgehead atoms. The Morgan fingerprint density at radius 2 is 1.82 bits per heavy atom. The predicted octanol–water partition coefficient (Wildman–Crippen LogP) is 0.795. The van der Waals surface area contributed by atoms with Crippen LogP contribution >= 0.6 is 15.2 Å². The van der Waals surface area contributed by atoms with Crippen molar-refractivity contribution in [2.75, 3.05) is 0 Å². The molecular weight excluding hydrogens is 330 g/mol. The van der Waals surface area contributed by atoms with Crippen LogP contribution in [0.3, 0.4) is 0 Å². The molecule has 0 aliphatic heterocycles. The largest absolute Gasteiger partial charge is 0.778 e. The zero-order valence-electron chi connectivity index (χ0n) is 12.6. The van der Waals surface area contributed by atoms with Crippen molar-refractivity contribution in [3.63, 3.8) is 0 Å². The SMILES string of the molecule is CCCCCCCn1cc[n+](CC(P(=O)([O-])O)P(=O)(O)O)c1. The molecule has 8 nitrogen and oxygen atoms in total. The van der Waals surface area contributed by atoms with Gasteiger partial charge in [0.1, 0.15) is 18.9 Å². The standard InChI is InChI=1S/C12H24N2O6P2/c1-2-3-4-5-6-7-13-8-9-14(11-13)10-12(21(15,16)17)22(18,19)20/h8-9,11-12H,2-7,10H2,1H3,(H3-,15,16,17,18,19,20). The molecule has 0 spiro atoms. The van der Waals surface area contributed by atoms with E-state index in [2.05, 4.69) is 6.92 Å². The maximum Gasteiger partial charge on any atom is 0.341 e. The molecule has 0 radical (unpaired) electrons. The van der Waals surface area contributed by atoms with Gasteiger partial charge in [-0.05, 0) is 12.8 Å². The average molecular weight is 354 g/mol. The number of unbranched alkanes of at least 4 members (excludes halogenated alkanes) is 4. The van der Waals surface area contributed by atoms with Gasteiger partial charge < -0.3 is 24.1 Å².